The highest BCUT2D eigenvalue weighted by Gasteiger charge is 2.48. The molecule has 0 unspecified atom stereocenters. The van der Waals surface area contributed by atoms with Gasteiger partial charge in [-0.25, -0.2) is 4.79 Å². The Morgan fingerprint density at radius 1 is 0.642 bits per heavy atom. The highest BCUT2D eigenvalue weighted by molar-refractivity contribution is 5.93. The molecule has 1 heterocycles. The molecule has 0 amide bonds. The third-order valence-electron chi connectivity index (χ3n) is 8.66. The predicted molar refractivity (Wildman–Crippen MR) is 201 cm³/mol. The molecule has 0 radical (unpaired) electrons. The average Bonchev–Trinajstić information content (AvgIpc) is 3.18. The molecule has 5 rings (SSSR count). The molecular formula is C44H48O9. The fourth-order valence-electron chi connectivity index (χ4n) is 6.06. The molecule has 1 fully saturated rings. The van der Waals surface area contributed by atoms with Crippen LogP contribution in [0.4, 0.5) is 0 Å². The summed E-state index contributed by atoms with van der Waals surface area (Å²) in [5, 5.41) is 9.38. The zero-order valence-electron chi connectivity index (χ0n) is 30.0. The van der Waals surface area contributed by atoms with Crippen LogP contribution in [-0.2, 0) is 64.4 Å². The number of aliphatic carboxylic acids is 1. The van der Waals surface area contributed by atoms with Gasteiger partial charge < -0.3 is 33.5 Å². The van der Waals surface area contributed by atoms with E-state index in [1.807, 2.05) is 127 Å². The fourth-order valence-corrected chi connectivity index (χ4v) is 6.06. The molecule has 53 heavy (non-hydrogen) atoms. The van der Waals surface area contributed by atoms with Gasteiger partial charge in [0.05, 0.1) is 52.2 Å². The van der Waals surface area contributed by atoms with Gasteiger partial charge in [-0.2, -0.15) is 0 Å². The van der Waals surface area contributed by atoms with Gasteiger partial charge in [-0.3, -0.25) is 4.79 Å². The van der Waals surface area contributed by atoms with Gasteiger partial charge in [0.2, 0.25) is 0 Å². The van der Waals surface area contributed by atoms with E-state index in [-0.39, 0.29) is 18.8 Å². The van der Waals surface area contributed by atoms with Crippen molar-refractivity contribution in [3.05, 3.63) is 167 Å². The summed E-state index contributed by atoms with van der Waals surface area (Å²) >= 11 is 0. The summed E-state index contributed by atoms with van der Waals surface area (Å²) in [7, 11) is 0. The number of carboxylic acid groups (broad SMARTS) is 1. The zero-order valence-corrected chi connectivity index (χ0v) is 30.0. The molecule has 0 saturated carbocycles. The third-order valence-corrected chi connectivity index (χ3v) is 8.66. The number of rotatable bonds is 20. The molecule has 1 saturated heterocycles. The van der Waals surface area contributed by atoms with Crippen LogP contribution in [0.25, 0.3) is 0 Å². The number of carboxylic acids is 1. The molecule has 1 aliphatic rings. The van der Waals surface area contributed by atoms with E-state index >= 15 is 0 Å². The van der Waals surface area contributed by atoms with Crippen molar-refractivity contribution in [2.45, 2.75) is 76.7 Å². The van der Waals surface area contributed by atoms with Crippen LogP contribution in [0, 0.1) is 0 Å². The normalized spacial score (nSPS) is 20.3. The van der Waals surface area contributed by atoms with Crippen molar-refractivity contribution in [1.29, 1.82) is 0 Å². The number of hydrogen-bond acceptors (Lipinski definition) is 8. The van der Waals surface area contributed by atoms with Gasteiger partial charge >= 0.3 is 11.9 Å². The van der Waals surface area contributed by atoms with Gasteiger partial charge in [0.25, 0.3) is 0 Å². The molecule has 278 valence electrons. The number of ether oxygens (including phenoxy) is 6. The lowest BCUT2D eigenvalue weighted by Gasteiger charge is -2.46. The monoisotopic (exact) mass is 720 g/mol. The van der Waals surface area contributed by atoms with Crippen LogP contribution in [0.15, 0.2) is 145 Å². The lowest BCUT2D eigenvalue weighted by atomic mass is 9.92. The van der Waals surface area contributed by atoms with Crippen LogP contribution in [0.1, 0.15) is 42.0 Å². The summed E-state index contributed by atoms with van der Waals surface area (Å²) in [4.78, 5) is 23.9. The first kappa shape index (κ1) is 39.3. The van der Waals surface area contributed by atoms with E-state index in [0.29, 0.717) is 32.8 Å². The molecule has 9 nitrogen and oxygen atoms in total. The summed E-state index contributed by atoms with van der Waals surface area (Å²) in [6.45, 7) is 3.41. The second-order valence-corrected chi connectivity index (χ2v) is 12.6. The van der Waals surface area contributed by atoms with Gasteiger partial charge in [0, 0.05) is 5.57 Å². The maximum Gasteiger partial charge on any atom is 0.334 e. The van der Waals surface area contributed by atoms with Crippen LogP contribution < -0.4 is 0 Å². The van der Waals surface area contributed by atoms with E-state index in [2.05, 4.69) is 0 Å². The number of benzene rings is 4. The Labute approximate surface area is 311 Å². The molecular weight excluding hydrogens is 672 g/mol. The second-order valence-electron chi connectivity index (χ2n) is 12.6. The largest absolute Gasteiger partial charge is 0.481 e. The van der Waals surface area contributed by atoms with E-state index in [9.17, 15) is 14.7 Å². The maximum atomic E-state index is 12.4. The minimum absolute atomic E-state index is 0.0441. The van der Waals surface area contributed by atoms with Gasteiger partial charge in [0.1, 0.15) is 24.4 Å². The number of carbonyl (C=O) groups is 2. The molecule has 0 bridgehead atoms. The Balaban J connectivity index is 1.46. The molecule has 4 aromatic carbocycles. The van der Waals surface area contributed by atoms with Gasteiger partial charge in [-0.05, 0) is 35.6 Å². The van der Waals surface area contributed by atoms with E-state index in [4.69, 9.17) is 28.4 Å². The lowest BCUT2D eigenvalue weighted by molar-refractivity contribution is -0.271. The van der Waals surface area contributed by atoms with E-state index in [1.165, 1.54) is 6.08 Å². The first-order valence-electron chi connectivity index (χ1n) is 18.0. The van der Waals surface area contributed by atoms with Gasteiger partial charge in [-0.1, -0.05) is 140 Å². The van der Waals surface area contributed by atoms with Gasteiger partial charge in [0.15, 0.2) is 0 Å². The van der Waals surface area contributed by atoms with Crippen LogP contribution in [0.2, 0.25) is 0 Å². The quantitative estimate of drug-likeness (QED) is 0.0560. The van der Waals surface area contributed by atoms with Crippen molar-refractivity contribution >= 4 is 11.9 Å². The molecule has 1 N–H and O–H groups in total. The highest BCUT2D eigenvalue weighted by atomic mass is 16.6. The highest BCUT2D eigenvalue weighted by Crippen LogP contribution is 2.32. The number of allylic oxidation sites excluding steroid dienone is 2. The predicted octanol–water partition coefficient (Wildman–Crippen LogP) is 7.64. The molecule has 0 aliphatic carbocycles. The topological polar surface area (TPSA) is 110 Å². The summed E-state index contributed by atoms with van der Waals surface area (Å²) in [6, 6.07) is 39.8. The van der Waals surface area contributed by atoms with Crippen LogP contribution in [0.5, 0.6) is 0 Å². The summed E-state index contributed by atoms with van der Waals surface area (Å²) < 4.78 is 38.4. The Bertz CT molecular complexity index is 1710. The Morgan fingerprint density at radius 3 is 1.57 bits per heavy atom. The van der Waals surface area contributed by atoms with Crippen molar-refractivity contribution in [3.8, 4) is 0 Å². The van der Waals surface area contributed by atoms with E-state index < -0.39 is 48.9 Å². The minimum atomic E-state index is -1.12. The van der Waals surface area contributed by atoms with Crippen molar-refractivity contribution in [3.63, 3.8) is 0 Å². The smallest absolute Gasteiger partial charge is 0.334 e. The number of esters is 1. The Morgan fingerprint density at radius 2 is 1.09 bits per heavy atom. The van der Waals surface area contributed by atoms with Crippen molar-refractivity contribution in [2.24, 2.45) is 0 Å². The molecule has 0 aromatic heterocycles. The summed E-state index contributed by atoms with van der Waals surface area (Å²) in [5.41, 5.74) is 4.09. The SMILES string of the molecule is CCOC(=O)/C(=C/C=C/C[C@@H]1O[C@H](COCc2ccccc2)[C@@H](OCc2ccccc2)[C@H](OCc2ccccc2)[C@H]1OCc1ccccc1)CC(=O)O. The van der Waals surface area contributed by atoms with Crippen LogP contribution in [-0.4, -0.2) is 60.8 Å². The summed E-state index contributed by atoms with van der Waals surface area (Å²) in [5.74, 6) is -1.79. The first-order chi connectivity index (χ1) is 26.0. The van der Waals surface area contributed by atoms with Gasteiger partial charge in [-0.15, -0.1) is 0 Å². The van der Waals surface area contributed by atoms with Crippen molar-refractivity contribution in [2.75, 3.05) is 13.2 Å². The molecule has 5 atom stereocenters. The fraction of sp³-hybridized carbons (Fsp3) is 0.318. The maximum absolute atomic E-state index is 12.4. The Hall–Kier alpha value is -4.90. The van der Waals surface area contributed by atoms with E-state index in [0.717, 1.165) is 22.3 Å². The molecule has 9 heteroatoms. The van der Waals surface area contributed by atoms with Crippen LogP contribution >= 0.6 is 0 Å². The average molecular weight is 721 g/mol. The van der Waals surface area contributed by atoms with Crippen LogP contribution in [0.3, 0.4) is 0 Å². The Kier molecular flexibility index (Phi) is 16.0. The molecule has 1 aliphatic heterocycles. The van der Waals surface area contributed by atoms with Crippen molar-refractivity contribution in [1.82, 2.24) is 0 Å². The number of hydrogen-bond donors (Lipinski definition) is 1. The second kappa shape index (κ2) is 21.6. The summed E-state index contributed by atoms with van der Waals surface area (Å²) in [6.07, 6.45) is 2.11. The third kappa shape index (κ3) is 12.9. The zero-order chi connectivity index (χ0) is 37.1. The minimum Gasteiger partial charge on any atom is -0.481 e. The first-order valence-corrected chi connectivity index (χ1v) is 18.0. The lowest BCUT2D eigenvalue weighted by Crippen LogP contribution is -2.61. The number of carbonyl (C=O) groups excluding carboxylic acids is 1. The van der Waals surface area contributed by atoms with Crippen molar-refractivity contribution < 1.29 is 43.1 Å². The van der Waals surface area contributed by atoms with E-state index in [1.54, 1.807) is 13.0 Å². The molecule has 0 spiro atoms. The molecule has 4 aromatic rings. The standard InChI is InChI=1S/C44H48O9/c1-2-49-44(47)37(27-40(45)46)25-15-16-26-38-41(50-29-34-19-9-4-10-20-34)43(52-31-36-23-13-6-14-24-36)42(51-30-35-21-11-5-12-22-35)39(53-38)32-48-28-33-17-7-3-8-18-33/h3-25,38-39,41-43H,2,26-32H2,1H3,(H,45,46)/b16-15+,37-25+/t38-,39+,41-,42+,43+/m0/s1.